The van der Waals surface area contributed by atoms with Crippen molar-refractivity contribution in [1.29, 1.82) is 0 Å². The van der Waals surface area contributed by atoms with Gasteiger partial charge in [0.15, 0.2) is 0 Å². The van der Waals surface area contributed by atoms with Gasteiger partial charge >= 0.3 is 0 Å². The highest BCUT2D eigenvalue weighted by atomic mass is 15.2. The van der Waals surface area contributed by atoms with Gasteiger partial charge in [0.25, 0.3) is 6.71 Å². The molecule has 0 saturated heterocycles. The van der Waals surface area contributed by atoms with E-state index in [1.807, 2.05) is 0 Å². The summed E-state index contributed by atoms with van der Waals surface area (Å²) in [6.07, 6.45) is 2.14. The Bertz CT molecular complexity index is 1960. The largest absolute Gasteiger partial charge is 0.342 e. The maximum absolute atomic E-state index is 2.65. The lowest BCUT2D eigenvalue weighted by Gasteiger charge is -2.42. The predicted molar refractivity (Wildman–Crippen MR) is 182 cm³/mol. The molecule has 6 aromatic rings. The van der Waals surface area contributed by atoms with Crippen LogP contribution in [-0.2, 0) is 12.8 Å². The summed E-state index contributed by atoms with van der Waals surface area (Å²) in [5.41, 5.74) is 21.1. The van der Waals surface area contributed by atoms with Crippen LogP contribution in [0.25, 0.3) is 33.4 Å². The zero-order chi connectivity index (χ0) is 28.1. The summed E-state index contributed by atoms with van der Waals surface area (Å²) in [5, 5.41) is 0. The first kappa shape index (κ1) is 23.5. The Kier molecular flexibility index (Phi) is 4.79. The van der Waals surface area contributed by atoms with Crippen LogP contribution in [0.4, 0.5) is 22.7 Å². The fourth-order valence-corrected chi connectivity index (χ4v) is 8.49. The molecule has 0 N–H and O–H groups in total. The van der Waals surface area contributed by atoms with Crippen LogP contribution >= 0.6 is 0 Å². The van der Waals surface area contributed by atoms with Crippen LogP contribution in [0, 0.1) is 0 Å². The second kappa shape index (κ2) is 8.75. The standard InChI is InChI=1S/C40H29BN2/c1-4-10-26(11-5-1)29-24-36-38-37(25-29)43-23-21-33-31(28-14-8-3-9-15-28)17-19-35(40(33)43)41(38)34-18-16-30(27-12-6-2-7-13-27)32-20-22-42(36)39(32)34/h1-19,24-25H,20-23H2. The smallest absolute Gasteiger partial charge is 0.252 e. The van der Waals surface area contributed by atoms with Crippen molar-refractivity contribution in [1.82, 2.24) is 0 Å². The van der Waals surface area contributed by atoms with E-state index in [9.17, 15) is 0 Å². The summed E-state index contributed by atoms with van der Waals surface area (Å²) in [4.78, 5) is 5.30. The Morgan fingerprint density at radius 1 is 0.442 bits per heavy atom. The van der Waals surface area contributed by atoms with Crippen LogP contribution in [0.15, 0.2) is 127 Å². The normalized spacial score (nSPS) is 14.9. The van der Waals surface area contributed by atoms with Crippen molar-refractivity contribution in [2.45, 2.75) is 12.8 Å². The Labute approximate surface area is 252 Å². The summed E-state index contributed by atoms with van der Waals surface area (Å²) in [6.45, 7) is 2.28. The van der Waals surface area contributed by atoms with Crippen LogP contribution in [-0.4, -0.2) is 19.8 Å². The van der Waals surface area contributed by atoms with E-state index in [2.05, 4.69) is 137 Å². The van der Waals surface area contributed by atoms with Gasteiger partial charge in [-0.15, -0.1) is 0 Å². The second-order valence-electron chi connectivity index (χ2n) is 12.3. The first-order valence-electron chi connectivity index (χ1n) is 15.6. The van der Waals surface area contributed by atoms with E-state index in [1.54, 1.807) is 0 Å². The lowest BCUT2D eigenvalue weighted by molar-refractivity contribution is 0.989. The highest BCUT2D eigenvalue weighted by Gasteiger charge is 2.47. The first-order valence-corrected chi connectivity index (χ1v) is 15.6. The number of rotatable bonds is 3. The Morgan fingerprint density at radius 2 is 0.884 bits per heavy atom. The Morgan fingerprint density at radius 3 is 1.35 bits per heavy atom. The molecular formula is C40H29BN2. The number of hydrogen-bond acceptors (Lipinski definition) is 2. The average Bonchev–Trinajstić information content (AvgIpc) is 3.73. The minimum Gasteiger partial charge on any atom is -0.342 e. The molecule has 0 atom stereocenters. The number of anilines is 4. The van der Waals surface area contributed by atoms with E-state index in [0.717, 1.165) is 25.9 Å². The highest BCUT2D eigenvalue weighted by molar-refractivity contribution is 7.00. The molecule has 6 aromatic carbocycles. The molecule has 202 valence electrons. The molecular weight excluding hydrogens is 519 g/mol. The SMILES string of the molecule is c1ccc(-c2cc3c4c(c2)N2CCc5c(-c6ccccc6)ccc(c52)B4c2ccc(-c4ccccc4)c4c2N3CC4)cc1. The molecule has 0 unspecified atom stereocenters. The lowest BCUT2D eigenvalue weighted by atomic mass is 9.33. The number of hydrogen-bond donors (Lipinski definition) is 0. The molecule has 4 aliphatic rings. The Balaban J connectivity index is 1.27. The van der Waals surface area contributed by atoms with Crippen LogP contribution in [0.1, 0.15) is 11.1 Å². The molecule has 0 aliphatic carbocycles. The molecule has 2 nitrogen and oxygen atoms in total. The van der Waals surface area contributed by atoms with Crippen LogP contribution in [0.3, 0.4) is 0 Å². The Hall–Kier alpha value is -5.02. The molecule has 4 aliphatic heterocycles. The van der Waals surface area contributed by atoms with Gasteiger partial charge in [-0.2, -0.15) is 0 Å². The number of fused-ring (bicyclic) bond motifs is 4. The fourth-order valence-electron chi connectivity index (χ4n) is 8.49. The fraction of sp³-hybridized carbons (Fsp3) is 0.100. The van der Waals surface area contributed by atoms with Gasteiger partial charge in [0, 0.05) is 35.8 Å². The van der Waals surface area contributed by atoms with Gasteiger partial charge in [-0.25, -0.2) is 0 Å². The zero-order valence-electron chi connectivity index (χ0n) is 23.9. The summed E-state index contributed by atoms with van der Waals surface area (Å²) in [5.74, 6) is 0. The second-order valence-corrected chi connectivity index (χ2v) is 12.3. The van der Waals surface area contributed by atoms with E-state index in [0.29, 0.717) is 0 Å². The van der Waals surface area contributed by atoms with Gasteiger partial charge in [-0.05, 0) is 85.9 Å². The average molecular weight is 548 g/mol. The summed E-state index contributed by atoms with van der Waals surface area (Å²) < 4.78 is 0. The molecule has 4 heterocycles. The van der Waals surface area contributed by atoms with Gasteiger partial charge in [0.05, 0.1) is 0 Å². The van der Waals surface area contributed by atoms with E-state index < -0.39 is 0 Å². The van der Waals surface area contributed by atoms with Crippen LogP contribution in [0.2, 0.25) is 0 Å². The van der Waals surface area contributed by atoms with Gasteiger partial charge in [0.2, 0.25) is 0 Å². The third kappa shape index (κ3) is 3.20. The molecule has 0 aromatic heterocycles. The maximum Gasteiger partial charge on any atom is 0.252 e. The molecule has 0 amide bonds. The summed E-state index contributed by atoms with van der Waals surface area (Å²) in [7, 11) is 0. The van der Waals surface area contributed by atoms with Crippen molar-refractivity contribution >= 4 is 45.9 Å². The molecule has 10 rings (SSSR count). The van der Waals surface area contributed by atoms with Crippen molar-refractivity contribution in [3.8, 4) is 33.4 Å². The molecule has 43 heavy (non-hydrogen) atoms. The van der Waals surface area contributed by atoms with E-state index in [1.165, 1.54) is 83.6 Å². The predicted octanol–water partition coefficient (Wildman–Crippen LogP) is 7.22. The third-order valence-corrected chi connectivity index (χ3v) is 10.2. The van der Waals surface area contributed by atoms with Crippen LogP contribution in [0.5, 0.6) is 0 Å². The molecule has 0 bridgehead atoms. The minimum absolute atomic E-state index is 0.232. The van der Waals surface area contributed by atoms with E-state index in [4.69, 9.17) is 0 Å². The third-order valence-electron chi connectivity index (χ3n) is 10.2. The van der Waals surface area contributed by atoms with Crippen molar-refractivity contribution in [2.24, 2.45) is 0 Å². The monoisotopic (exact) mass is 548 g/mol. The molecule has 0 radical (unpaired) electrons. The maximum atomic E-state index is 2.65. The van der Waals surface area contributed by atoms with Crippen molar-refractivity contribution in [3.05, 3.63) is 139 Å². The summed E-state index contributed by atoms with van der Waals surface area (Å²) >= 11 is 0. The molecule has 0 saturated carbocycles. The van der Waals surface area contributed by atoms with Crippen molar-refractivity contribution in [3.63, 3.8) is 0 Å². The van der Waals surface area contributed by atoms with Gasteiger partial charge < -0.3 is 9.80 Å². The van der Waals surface area contributed by atoms with Gasteiger partial charge in [0.1, 0.15) is 0 Å². The van der Waals surface area contributed by atoms with Gasteiger partial charge in [-0.1, -0.05) is 115 Å². The molecule has 3 heteroatoms. The first-order chi connectivity index (χ1) is 21.3. The van der Waals surface area contributed by atoms with Crippen molar-refractivity contribution < 1.29 is 0 Å². The lowest BCUT2D eigenvalue weighted by Crippen LogP contribution is -2.61. The van der Waals surface area contributed by atoms with E-state index in [-0.39, 0.29) is 6.71 Å². The molecule has 0 fully saturated rings. The topological polar surface area (TPSA) is 6.48 Å². The quantitative estimate of drug-likeness (QED) is 0.216. The van der Waals surface area contributed by atoms with Gasteiger partial charge in [-0.3, -0.25) is 0 Å². The minimum atomic E-state index is 0.232. The highest BCUT2D eigenvalue weighted by Crippen LogP contribution is 2.48. The zero-order valence-corrected chi connectivity index (χ0v) is 23.9. The van der Waals surface area contributed by atoms with E-state index >= 15 is 0 Å². The van der Waals surface area contributed by atoms with Crippen LogP contribution < -0.4 is 26.2 Å². The number of benzene rings is 6. The molecule has 0 spiro atoms. The summed E-state index contributed by atoms with van der Waals surface area (Å²) in [6, 6.07) is 47.5. The van der Waals surface area contributed by atoms with Crippen molar-refractivity contribution in [2.75, 3.05) is 22.9 Å². The number of nitrogens with zero attached hydrogens (tertiary/aromatic N) is 2.